The summed E-state index contributed by atoms with van der Waals surface area (Å²) in [7, 11) is -10.9. The molecule has 0 bridgehead atoms. The number of H-pyrrole nitrogens is 1. The molecule has 26 heavy (non-hydrogen) atoms. The molecule has 0 aliphatic carbocycles. The Bertz CT molecular complexity index is 860. The summed E-state index contributed by atoms with van der Waals surface area (Å²) in [5.41, 5.74) is -1.78. The molecule has 0 aromatic carbocycles. The third-order valence-electron chi connectivity index (χ3n) is 3.13. The van der Waals surface area contributed by atoms with Crippen molar-refractivity contribution >= 4 is 15.6 Å². The van der Waals surface area contributed by atoms with Gasteiger partial charge in [0.1, 0.15) is 18.3 Å². The Labute approximate surface area is 142 Å². The van der Waals surface area contributed by atoms with Gasteiger partial charge in [-0.1, -0.05) is 0 Å². The predicted molar refractivity (Wildman–Crippen MR) is 77.3 cm³/mol. The highest BCUT2D eigenvalue weighted by atomic mass is 31.3. The number of nitrogens with one attached hydrogen (secondary N) is 1. The number of hydrogen-bond acceptors (Lipinski definition) is 10. The van der Waals surface area contributed by atoms with Crippen LogP contribution in [0.4, 0.5) is 0 Å². The maximum Gasteiger partial charge on any atom is 0.483 e. The fourth-order valence-corrected chi connectivity index (χ4v) is 3.75. The van der Waals surface area contributed by atoms with E-state index in [0.29, 0.717) is 4.57 Å². The van der Waals surface area contributed by atoms with Crippen molar-refractivity contribution in [1.29, 1.82) is 0 Å². The van der Waals surface area contributed by atoms with Crippen molar-refractivity contribution in [1.82, 2.24) is 9.55 Å². The van der Waals surface area contributed by atoms with Gasteiger partial charge in [0.25, 0.3) is 5.56 Å². The van der Waals surface area contributed by atoms with Crippen LogP contribution < -0.4 is 11.2 Å². The van der Waals surface area contributed by atoms with Crippen molar-refractivity contribution in [2.75, 3.05) is 0 Å². The summed E-state index contributed by atoms with van der Waals surface area (Å²) < 4.78 is 35.1. The number of hydrogen-bond donors (Lipinski definition) is 7. The van der Waals surface area contributed by atoms with E-state index in [1.165, 1.54) is 0 Å². The lowest BCUT2D eigenvalue weighted by atomic mass is 10.1. The largest absolute Gasteiger partial charge is 0.483 e. The first-order chi connectivity index (χ1) is 11.8. The lowest BCUT2D eigenvalue weighted by Gasteiger charge is -2.22. The fraction of sp³-hybridized carbons (Fsp3) is 0.556. The number of aliphatic hydroxyl groups is 3. The van der Waals surface area contributed by atoms with E-state index in [0.717, 1.165) is 12.3 Å². The molecule has 1 saturated heterocycles. The normalized spacial score (nSPS) is 30.1. The minimum Gasteiger partial charge on any atom is -0.387 e. The summed E-state index contributed by atoms with van der Waals surface area (Å²) in [5.74, 6) is 0. The molecule has 7 N–H and O–H groups in total. The molecule has 1 aromatic rings. The van der Waals surface area contributed by atoms with Crippen LogP contribution in [0.2, 0.25) is 0 Å². The molecule has 148 valence electrons. The summed E-state index contributed by atoms with van der Waals surface area (Å²) in [6.07, 6.45) is -8.92. The number of rotatable bonds is 6. The molecule has 2 unspecified atom stereocenters. The van der Waals surface area contributed by atoms with Crippen LogP contribution in [0.1, 0.15) is 6.23 Å². The lowest BCUT2D eigenvalue weighted by molar-refractivity contribution is -0.161. The van der Waals surface area contributed by atoms with E-state index >= 15 is 0 Å². The van der Waals surface area contributed by atoms with Crippen LogP contribution in [-0.2, 0) is 22.7 Å². The molecule has 0 radical (unpaired) electrons. The summed E-state index contributed by atoms with van der Waals surface area (Å²) in [4.78, 5) is 50.7. The minimum atomic E-state index is -5.48. The number of ether oxygens (including phenoxy) is 1. The van der Waals surface area contributed by atoms with Crippen molar-refractivity contribution in [2.24, 2.45) is 0 Å². The van der Waals surface area contributed by atoms with Crippen LogP contribution >= 0.6 is 15.6 Å². The molecule has 1 aliphatic rings. The highest BCUT2D eigenvalue weighted by Gasteiger charge is 2.50. The molecule has 6 atom stereocenters. The van der Waals surface area contributed by atoms with E-state index in [4.69, 9.17) is 19.4 Å². The third-order valence-corrected chi connectivity index (χ3v) is 5.29. The van der Waals surface area contributed by atoms with Gasteiger partial charge in [0, 0.05) is 12.3 Å². The molecule has 17 heteroatoms. The maximum absolute atomic E-state index is 11.7. The fourth-order valence-electron chi connectivity index (χ4n) is 2.13. The SMILES string of the molecule is O=c1ccn([C@@H]2O[C@H](C(O)OP(=O)(O)OP(=O)(O)O)[C@@H](O)[C@H]2O)c(=O)[nH]1. The van der Waals surface area contributed by atoms with E-state index in [2.05, 4.69) is 8.83 Å². The van der Waals surface area contributed by atoms with Gasteiger partial charge in [-0.05, 0) is 0 Å². The van der Waals surface area contributed by atoms with Gasteiger partial charge in [-0.15, -0.1) is 0 Å². The zero-order chi connectivity index (χ0) is 19.9. The smallest absolute Gasteiger partial charge is 0.387 e. The second-order valence-electron chi connectivity index (χ2n) is 5.03. The van der Waals surface area contributed by atoms with E-state index in [1.807, 2.05) is 4.98 Å². The number of phosphoric acid groups is 2. The van der Waals surface area contributed by atoms with Crippen LogP contribution in [0.3, 0.4) is 0 Å². The van der Waals surface area contributed by atoms with Gasteiger partial charge in [0.15, 0.2) is 12.5 Å². The standard InChI is InChI=1S/C9H14N2O13P2/c12-3-1-2-11(9(16)10-3)7-5(14)4(13)6(22-7)8(15)23-26(20,21)24-25(17,18)19/h1-2,4-8,13-15H,(H,20,21)(H,10,12,16)(H2,17,18,19)/t4-,5+,6-,7+,8?/m0/s1. The van der Waals surface area contributed by atoms with Crippen molar-refractivity contribution < 1.29 is 52.7 Å². The predicted octanol–water partition coefficient (Wildman–Crippen LogP) is -3.30. The summed E-state index contributed by atoms with van der Waals surface area (Å²) in [6.45, 7) is 0. The molecule has 2 heterocycles. The van der Waals surface area contributed by atoms with Crippen molar-refractivity contribution in [3.63, 3.8) is 0 Å². The zero-order valence-electron chi connectivity index (χ0n) is 12.4. The topological polar surface area (TPSA) is 238 Å². The quantitative estimate of drug-likeness (QED) is 0.176. The Morgan fingerprint density at radius 2 is 1.81 bits per heavy atom. The van der Waals surface area contributed by atoms with Gasteiger partial charge in [0.2, 0.25) is 0 Å². The molecular weight excluding hydrogens is 406 g/mol. The average Bonchev–Trinajstić information content (AvgIpc) is 2.72. The molecule has 0 amide bonds. The third kappa shape index (κ3) is 4.94. The van der Waals surface area contributed by atoms with Gasteiger partial charge in [-0.3, -0.25) is 18.9 Å². The van der Waals surface area contributed by atoms with Crippen molar-refractivity contribution in [3.8, 4) is 0 Å². The molecule has 15 nitrogen and oxygen atoms in total. The van der Waals surface area contributed by atoms with Crippen molar-refractivity contribution in [3.05, 3.63) is 33.1 Å². The Balaban J connectivity index is 2.18. The van der Waals surface area contributed by atoms with Gasteiger partial charge < -0.3 is 34.7 Å². The Hall–Kier alpha value is -1.22. The summed E-state index contributed by atoms with van der Waals surface area (Å²) >= 11 is 0. The van der Waals surface area contributed by atoms with Crippen LogP contribution in [-0.4, -0.2) is 64.2 Å². The van der Waals surface area contributed by atoms with Gasteiger partial charge in [-0.2, -0.15) is 4.31 Å². The number of aromatic nitrogens is 2. The Morgan fingerprint density at radius 3 is 2.35 bits per heavy atom. The van der Waals surface area contributed by atoms with E-state index < -0.39 is 57.7 Å². The molecular formula is C9H14N2O13P2. The maximum atomic E-state index is 11.7. The molecule has 1 fully saturated rings. The summed E-state index contributed by atoms with van der Waals surface area (Å²) in [6, 6.07) is 0.903. The van der Waals surface area contributed by atoms with E-state index in [1.54, 1.807) is 0 Å². The van der Waals surface area contributed by atoms with Crippen LogP contribution in [0, 0.1) is 0 Å². The van der Waals surface area contributed by atoms with Crippen LogP contribution in [0.25, 0.3) is 0 Å². The first-order valence-electron chi connectivity index (χ1n) is 6.60. The first kappa shape index (κ1) is 21.1. The average molecular weight is 420 g/mol. The first-order valence-corrected chi connectivity index (χ1v) is 9.62. The van der Waals surface area contributed by atoms with E-state index in [9.17, 15) is 34.0 Å². The molecule has 1 aromatic heterocycles. The monoisotopic (exact) mass is 420 g/mol. The van der Waals surface area contributed by atoms with Crippen LogP contribution in [0.5, 0.6) is 0 Å². The Kier molecular flexibility index (Phi) is 6.02. The molecule has 0 saturated carbocycles. The molecule has 1 aliphatic heterocycles. The highest BCUT2D eigenvalue weighted by molar-refractivity contribution is 7.60. The zero-order valence-corrected chi connectivity index (χ0v) is 14.2. The van der Waals surface area contributed by atoms with Crippen LogP contribution in [0.15, 0.2) is 21.9 Å². The van der Waals surface area contributed by atoms with Gasteiger partial charge in [-0.25, -0.2) is 13.9 Å². The Morgan fingerprint density at radius 1 is 1.19 bits per heavy atom. The highest BCUT2D eigenvalue weighted by Crippen LogP contribution is 2.58. The van der Waals surface area contributed by atoms with Gasteiger partial charge >= 0.3 is 21.3 Å². The number of nitrogens with zero attached hydrogens (tertiary/aromatic N) is 1. The van der Waals surface area contributed by atoms with E-state index in [-0.39, 0.29) is 0 Å². The molecule has 2 rings (SSSR count). The lowest BCUT2D eigenvalue weighted by Crippen LogP contribution is -2.40. The molecule has 0 spiro atoms. The summed E-state index contributed by atoms with van der Waals surface area (Å²) in [5, 5.41) is 29.5. The second-order valence-corrected chi connectivity index (χ2v) is 7.81. The van der Waals surface area contributed by atoms with Crippen molar-refractivity contribution in [2.45, 2.75) is 30.8 Å². The second kappa shape index (κ2) is 7.42. The number of phosphoric ester groups is 1. The van der Waals surface area contributed by atoms with Gasteiger partial charge in [0.05, 0.1) is 0 Å². The number of aliphatic hydroxyl groups excluding tert-OH is 3. The number of aromatic amines is 1. The minimum absolute atomic E-state index is 0.659.